The van der Waals surface area contributed by atoms with Gasteiger partial charge in [-0.2, -0.15) is 0 Å². The Morgan fingerprint density at radius 3 is 2.28 bits per heavy atom. The van der Waals surface area contributed by atoms with Crippen LogP contribution in [0.1, 0.15) is 17.3 Å². The number of carbonyl (C=O) groups is 1. The lowest BCUT2D eigenvalue weighted by atomic mass is 10.1. The maximum Gasteiger partial charge on any atom is 0.320 e. The van der Waals surface area contributed by atoms with Gasteiger partial charge in [0.25, 0.3) is 5.56 Å². The van der Waals surface area contributed by atoms with E-state index in [1.807, 2.05) is 18.2 Å². The van der Waals surface area contributed by atoms with E-state index >= 15 is 0 Å². The predicted octanol–water partition coefficient (Wildman–Crippen LogP) is 4.29. The monoisotopic (exact) mass is 436 g/mol. The molecule has 0 unspecified atom stereocenters. The quantitative estimate of drug-likeness (QED) is 0.585. The van der Waals surface area contributed by atoms with Gasteiger partial charge in [0.2, 0.25) is 0 Å². The molecule has 1 atom stereocenters. The van der Waals surface area contributed by atoms with E-state index in [1.54, 1.807) is 30.8 Å². The van der Waals surface area contributed by atoms with Gasteiger partial charge in [-0.1, -0.05) is 30.3 Å². The van der Waals surface area contributed by atoms with Gasteiger partial charge in [-0.05, 0) is 36.8 Å². The summed E-state index contributed by atoms with van der Waals surface area (Å²) in [6.07, 6.45) is 0. The number of para-hydroxylation sites is 1. The number of benzene rings is 2. The van der Waals surface area contributed by atoms with Crippen LogP contribution in [0.15, 0.2) is 59.4 Å². The number of carbonyl (C=O) groups excluding carboxylic acids is 1. The van der Waals surface area contributed by atoms with E-state index in [-0.39, 0.29) is 11.2 Å². The Hall–Kier alpha value is -2.77. The molecule has 0 radical (unpaired) electrons. The molecule has 2 aromatic carbocycles. The molecule has 152 valence electrons. The van der Waals surface area contributed by atoms with Crippen molar-refractivity contribution in [2.24, 2.45) is 7.05 Å². The van der Waals surface area contributed by atoms with Crippen molar-refractivity contribution in [2.75, 3.05) is 5.32 Å². The van der Waals surface area contributed by atoms with Gasteiger partial charge in [0.05, 0.1) is 17.4 Å². The summed E-state index contributed by atoms with van der Waals surface area (Å²) in [5.74, 6) is -0.418. The van der Waals surface area contributed by atoms with Crippen LogP contribution in [0, 0.1) is 12.7 Å². The van der Waals surface area contributed by atoms with E-state index in [4.69, 9.17) is 23.2 Å². The standard InChI is InChI=1S/C20H19Cl2FN4O2/c1-12-16(19(28)27(26(12)2)15-6-4-3-5-7-15)24-20(29)25-17(18(21)22)13-8-10-14(23)11-9-13/h3-11,17-18H,1-2H3,(H2,24,25,29)/t17-/m1/s1. The summed E-state index contributed by atoms with van der Waals surface area (Å²) in [6.45, 7) is 1.72. The van der Waals surface area contributed by atoms with Gasteiger partial charge in [0, 0.05) is 7.05 Å². The maximum absolute atomic E-state index is 13.2. The summed E-state index contributed by atoms with van der Waals surface area (Å²) in [6, 6.07) is 13.1. The molecule has 0 aliphatic rings. The van der Waals surface area contributed by atoms with Crippen molar-refractivity contribution in [3.8, 4) is 5.69 Å². The molecule has 2 amide bonds. The van der Waals surface area contributed by atoms with Crippen molar-refractivity contribution < 1.29 is 9.18 Å². The molecule has 0 saturated heterocycles. The molecule has 9 heteroatoms. The molecule has 0 fully saturated rings. The summed E-state index contributed by atoms with van der Waals surface area (Å²) in [5.41, 5.74) is 1.52. The van der Waals surface area contributed by atoms with E-state index in [9.17, 15) is 14.0 Å². The Morgan fingerprint density at radius 2 is 1.69 bits per heavy atom. The Morgan fingerprint density at radius 1 is 1.07 bits per heavy atom. The number of nitrogens with one attached hydrogen (secondary N) is 2. The fourth-order valence-corrected chi connectivity index (χ4v) is 3.38. The number of urea groups is 1. The van der Waals surface area contributed by atoms with Crippen LogP contribution >= 0.6 is 23.2 Å². The topological polar surface area (TPSA) is 68.1 Å². The summed E-state index contributed by atoms with van der Waals surface area (Å²) < 4.78 is 16.3. The van der Waals surface area contributed by atoms with Crippen LogP contribution < -0.4 is 16.2 Å². The average Bonchev–Trinajstić information content (AvgIpc) is 2.90. The van der Waals surface area contributed by atoms with Gasteiger partial charge in [0.15, 0.2) is 0 Å². The molecule has 6 nitrogen and oxygen atoms in total. The molecule has 1 heterocycles. The molecule has 2 N–H and O–H groups in total. The normalized spacial score (nSPS) is 12.1. The SMILES string of the molecule is Cc1c(NC(=O)N[C@H](c2ccc(F)cc2)C(Cl)Cl)c(=O)n(-c2ccccc2)n1C. The van der Waals surface area contributed by atoms with Crippen LogP contribution in [0.25, 0.3) is 5.69 Å². The van der Waals surface area contributed by atoms with E-state index < -0.39 is 22.7 Å². The highest BCUT2D eigenvalue weighted by molar-refractivity contribution is 6.44. The third kappa shape index (κ3) is 4.46. The first-order chi connectivity index (χ1) is 13.8. The van der Waals surface area contributed by atoms with Crippen LogP contribution in [0.3, 0.4) is 0 Å². The van der Waals surface area contributed by atoms with Crippen molar-refractivity contribution in [3.63, 3.8) is 0 Å². The van der Waals surface area contributed by atoms with Crippen molar-refractivity contribution in [3.05, 3.63) is 82.0 Å². The van der Waals surface area contributed by atoms with Gasteiger partial charge in [0.1, 0.15) is 16.3 Å². The number of hydrogen-bond donors (Lipinski definition) is 2. The number of aromatic nitrogens is 2. The molecule has 3 rings (SSSR count). The van der Waals surface area contributed by atoms with E-state index in [1.165, 1.54) is 28.9 Å². The number of rotatable bonds is 5. The Bertz CT molecular complexity index is 1060. The van der Waals surface area contributed by atoms with Crippen LogP contribution in [0.2, 0.25) is 0 Å². The molecule has 1 aromatic heterocycles. The molecular weight excluding hydrogens is 418 g/mol. The minimum atomic E-state index is -0.982. The van der Waals surface area contributed by atoms with E-state index in [0.717, 1.165) is 0 Å². The first kappa shape index (κ1) is 21.0. The zero-order valence-corrected chi connectivity index (χ0v) is 17.2. The van der Waals surface area contributed by atoms with E-state index in [2.05, 4.69) is 10.6 Å². The lowest BCUT2D eigenvalue weighted by Crippen LogP contribution is -2.36. The van der Waals surface area contributed by atoms with Crippen LogP contribution in [0.5, 0.6) is 0 Å². The summed E-state index contributed by atoms with van der Waals surface area (Å²) in [5, 5.41) is 5.21. The molecule has 29 heavy (non-hydrogen) atoms. The number of hydrogen-bond acceptors (Lipinski definition) is 2. The van der Waals surface area contributed by atoms with Gasteiger partial charge in [-0.3, -0.25) is 9.48 Å². The van der Waals surface area contributed by atoms with E-state index in [0.29, 0.717) is 16.9 Å². The first-order valence-electron chi connectivity index (χ1n) is 8.74. The van der Waals surface area contributed by atoms with Gasteiger partial charge in [-0.15, -0.1) is 23.2 Å². The Kier molecular flexibility index (Phi) is 6.30. The number of anilines is 1. The number of nitrogens with zero attached hydrogens (tertiary/aromatic N) is 2. The molecule has 0 spiro atoms. The molecule has 0 aliphatic heterocycles. The second kappa shape index (κ2) is 8.71. The number of alkyl halides is 2. The Labute approximate surface area is 176 Å². The highest BCUT2D eigenvalue weighted by atomic mass is 35.5. The predicted molar refractivity (Wildman–Crippen MR) is 113 cm³/mol. The van der Waals surface area contributed by atoms with Crippen molar-refractivity contribution in [2.45, 2.75) is 17.8 Å². The minimum absolute atomic E-state index is 0.132. The average molecular weight is 437 g/mol. The second-order valence-electron chi connectivity index (χ2n) is 6.40. The zero-order valence-electron chi connectivity index (χ0n) is 15.7. The second-order valence-corrected chi connectivity index (χ2v) is 7.56. The maximum atomic E-state index is 13.2. The van der Waals surface area contributed by atoms with Crippen LogP contribution in [0.4, 0.5) is 14.9 Å². The fourth-order valence-electron chi connectivity index (χ4n) is 2.97. The molecule has 0 aliphatic carbocycles. The van der Waals surface area contributed by atoms with Crippen molar-refractivity contribution in [1.82, 2.24) is 14.7 Å². The largest absolute Gasteiger partial charge is 0.328 e. The summed E-state index contributed by atoms with van der Waals surface area (Å²) in [4.78, 5) is 24.5. The highest BCUT2D eigenvalue weighted by Gasteiger charge is 2.24. The molecule has 0 saturated carbocycles. The van der Waals surface area contributed by atoms with Gasteiger partial charge in [-0.25, -0.2) is 13.9 Å². The molecular formula is C20H19Cl2FN4O2. The lowest BCUT2D eigenvalue weighted by molar-refractivity contribution is 0.249. The minimum Gasteiger partial charge on any atom is -0.328 e. The fraction of sp³-hybridized carbons (Fsp3) is 0.200. The van der Waals surface area contributed by atoms with Crippen molar-refractivity contribution >= 4 is 34.9 Å². The Balaban J connectivity index is 1.85. The van der Waals surface area contributed by atoms with Gasteiger partial charge < -0.3 is 10.6 Å². The third-order valence-corrected chi connectivity index (χ3v) is 5.06. The summed E-state index contributed by atoms with van der Waals surface area (Å²) >= 11 is 12.0. The first-order valence-corrected chi connectivity index (χ1v) is 9.62. The van der Waals surface area contributed by atoms with Crippen LogP contribution in [-0.2, 0) is 7.05 Å². The smallest absolute Gasteiger partial charge is 0.320 e. The number of amides is 2. The molecule has 0 bridgehead atoms. The zero-order chi connectivity index (χ0) is 21.1. The van der Waals surface area contributed by atoms with Crippen molar-refractivity contribution in [1.29, 1.82) is 0 Å². The molecule has 3 aromatic rings. The lowest BCUT2D eigenvalue weighted by Gasteiger charge is -2.20. The number of halogens is 3. The summed E-state index contributed by atoms with van der Waals surface area (Å²) in [7, 11) is 1.72. The third-order valence-electron chi connectivity index (χ3n) is 4.56. The van der Waals surface area contributed by atoms with Gasteiger partial charge >= 0.3 is 6.03 Å². The highest BCUT2D eigenvalue weighted by Crippen LogP contribution is 2.25. The van der Waals surface area contributed by atoms with Crippen LogP contribution in [-0.4, -0.2) is 20.2 Å².